The topological polar surface area (TPSA) is 74.5 Å². The molecular formula is C12H12N2O4. The van der Waals surface area contributed by atoms with E-state index >= 15 is 0 Å². The van der Waals surface area contributed by atoms with Crippen LogP contribution in [-0.4, -0.2) is 23.4 Å². The van der Waals surface area contributed by atoms with Gasteiger partial charge in [0.05, 0.1) is 12.7 Å². The number of carbonyl (C=O) groups is 1. The quantitative estimate of drug-likeness (QED) is 0.767. The van der Waals surface area contributed by atoms with Gasteiger partial charge in [-0.25, -0.2) is 9.42 Å². The summed E-state index contributed by atoms with van der Waals surface area (Å²) in [5.41, 5.74) is 1.82. The van der Waals surface area contributed by atoms with Gasteiger partial charge >= 0.3 is 5.97 Å². The van der Waals surface area contributed by atoms with Crippen molar-refractivity contribution in [2.75, 3.05) is 7.11 Å². The number of aromatic nitrogens is 2. The third-order valence-electron chi connectivity index (χ3n) is 2.40. The molecule has 2 rings (SSSR count). The molecule has 0 N–H and O–H groups in total. The number of aryl methyl sites for hydroxylation is 1. The first kappa shape index (κ1) is 12.1. The SMILES string of the molecule is COC(=O)c1ccc(OCc2nonc2C)cc1. The Balaban J connectivity index is 1.98. The van der Waals surface area contributed by atoms with Gasteiger partial charge < -0.3 is 9.47 Å². The van der Waals surface area contributed by atoms with Gasteiger partial charge in [-0.2, -0.15) is 0 Å². The third kappa shape index (κ3) is 2.65. The average Bonchev–Trinajstić information content (AvgIpc) is 2.81. The molecule has 0 radical (unpaired) electrons. The molecule has 1 aromatic heterocycles. The van der Waals surface area contributed by atoms with Crippen LogP contribution in [-0.2, 0) is 11.3 Å². The predicted octanol–water partition coefficient (Wildman–Crippen LogP) is 1.74. The summed E-state index contributed by atoms with van der Waals surface area (Å²) >= 11 is 0. The second-order valence-electron chi connectivity index (χ2n) is 3.60. The van der Waals surface area contributed by atoms with Crippen molar-refractivity contribution in [2.45, 2.75) is 13.5 Å². The van der Waals surface area contributed by atoms with Crippen molar-refractivity contribution in [3.8, 4) is 5.75 Å². The molecule has 6 nitrogen and oxygen atoms in total. The molecule has 94 valence electrons. The van der Waals surface area contributed by atoms with Crippen LogP contribution < -0.4 is 4.74 Å². The van der Waals surface area contributed by atoms with Crippen LogP contribution in [0.3, 0.4) is 0 Å². The zero-order chi connectivity index (χ0) is 13.0. The Morgan fingerprint density at radius 3 is 2.56 bits per heavy atom. The molecule has 0 amide bonds. The van der Waals surface area contributed by atoms with Gasteiger partial charge in [-0.1, -0.05) is 10.3 Å². The molecule has 0 atom stereocenters. The summed E-state index contributed by atoms with van der Waals surface area (Å²) in [6, 6.07) is 6.65. The highest BCUT2D eigenvalue weighted by Gasteiger charge is 2.07. The highest BCUT2D eigenvalue weighted by molar-refractivity contribution is 5.89. The minimum Gasteiger partial charge on any atom is -0.487 e. The maximum Gasteiger partial charge on any atom is 0.337 e. The molecule has 0 aliphatic heterocycles. The fourth-order valence-electron chi connectivity index (χ4n) is 1.34. The van der Waals surface area contributed by atoms with Crippen molar-refractivity contribution in [1.82, 2.24) is 10.3 Å². The predicted molar refractivity (Wildman–Crippen MR) is 61.1 cm³/mol. The lowest BCUT2D eigenvalue weighted by atomic mass is 10.2. The molecule has 1 aromatic carbocycles. The molecule has 0 aliphatic rings. The van der Waals surface area contributed by atoms with Crippen molar-refractivity contribution < 1.29 is 18.9 Å². The van der Waals surface area contributed by atoms with E-state index in [9.17, 15) is 4.79 Å². The van der Waals surface area contributed by atoms with Gasteiger partial charge in [0.15, 0.2) is 0 Å². The van der Waals surface area contributed by atoms with Crippen LogP contribution in [0.1, 0.15) is 21.7 Å². The van der Waals surface area contributed by atoms with Crippen molar-refractivity contribution in [3.63, 3.8) is 0 Å². The van der Waals surface area contributed by atoms with Gasteiger partial charge in [-0.15, -0.1) is 0 Å². The van der Waals surface area contributed by atoms with E-state index in [4.69, 9.17) is 4.74 Å². The maximum atomic E-state index is 11.2. The van der Waals surface area contributed by atoms with E-state index in [1.807, 2.05) is 0 Å². The number of hydrogen-bond donors (Lipinski definition) is 0. The lowest BCUT2D eigenvalue weighted by molar-refractivity contribution is 0.0600. The molecular weight excluding hydrogens is 236 g/mol. The number of nitrogens with zero attached hydrogens (tertiary/aromatic N) is 2. The second kappa shape index (κ2) is 5.31. The van der Waals surface area contributed by atoms with Crippen LogP contribution in [0.2, 0.25) is 0 Å². The van der Waals surface area contributed by atoms with Crippen LogP contribution in [0.5, 0.6) is 5.75 Å². The van der Waals surface area contributed by atoms with Crippen LogP contribution in [0.15, 0.2) is 28.9 Å². The van der Waals surface area contributed by atoms with Crippen molar-refractivity contribution >= 4 is 5.97 Å². The average molecular weight is 248 g/mol. The lowest BCUT2D eigenvalue weighted by Crippen LogP contribution is -2.01. The third-order valence-corrected chi connectivity index (χ3v) is 2.40. The number of ether oxygens (including phenoxy) is 2. The Bertz CT molecular complexity index is 533. The van der Waals surface area contributed by atoms with E-state index < -0.39 is 0 Å². The molecule has 0 unspecified atom stereocenters. The summed E-state index contributed by atoms with van der Waals surface area (Å²) in [6.45, 7) is 2.06. The molecule has 0 aliphatic carbocycles. The number of rotatable bonds is 4. The fourth-order valence-corrected chi connectivity index (χ4v) is 1.34. The van der Waals surface area contributed by atoms with E-state index in [0.29, 0.717) is 22.7 Å². The monoisotopic (exact) mass is 248 g/mol. The van der Waals surface area contributed by atoms with E-state index in [0.717, 1.165) is 0 Å². The largest absolute Gasteiger partial charge is 0.487 e. The summed E-state index contributed by atoms with van der Waals surface area (Å²) in [5, 5.41) is 7.35. The highest BCUT2D eigenvalue weighted by atomic mass is 16.6. The summed E-state index contributed by atoms with van der Waals surface area (Å²) in [7, 11) is 1.34. The van der Waals surface area contributed by atoms with Gasteiger partial charge in [0, 0.05) is 0 Å². The first-order chi connectivity index (χ1) is 8.70. The Morgan fingerprint density at radius 1 is 1.28 bits per heavy atom. The van der Waals surface area contributed by atoms with E-state index in [2.05, 4.69) is 19.7 Å². The molecule has 0 fully saturated rings. The number of esters is 1. The van der Waals surface area contributed by atoms with Crippen molar-refractivity contribution in [3.05, 3.63) is 41.2 Å². The standard InChI is InChI=1S/C12H12N2O4/c1-8-11(14-18-13-8)7-17-10-5-3-9(4-6-10)12(15)16-2/h3-6H,7H2,1-2H3. The van der Waals surface area contributed by atoms with Crippen LogP contribution in [0, 0.1) is 6.92 Å². The summed E-state index contributed by atoms with van der Waals surface area (Å²) in [6.07, 6.45) is 0. The molecule has 0 saturated heterocycles. The Hall–Kier alpha value is -2.37. The molecule has 0 saturated carbocycles. The molecule has 2 aromatic rings. The van der Waals surface area contributed by atoms with Crippen molar-refractivity contribution in [1.29, 1.82) is 0 Å². The molecule has 0 bridgehead atoms. The smallest absolute Gasteiger partial charge is 0.337 e. The zero-order valence-corrected chi connectivity index (χ0v) is 10.0. The van der Waals surface area contributed by atoms with Crippen LogP contribution in [0.25, 0.3) is 0 Å². The minimum atomic E-state index is -0.377. The molecule has 6 heteroatoms. The minimum absolute atomic E-state index is 0.271. The van der Waals surface area contributed by atoms with Gasteiger partial charge in [-0.3, -0.25) is 0 Å². The number of hydrogen-bond acceptors (Lipinski definition) is 6. The lowest BCUT2D eigenvalue weighted by Gasteiger charge is -2.04. The number of carbonyl (C=O) groups excluding carboxylic acids is 1. The van der Waals surface area contributed by atoms with E-state index in [1.165, 1.54) is 7.11 Å². The number of benzene rings is 1. The highest BCUT2D eigenvalue weighted by Crippen LogP contribution is 2.14. The van der Waals surface area contributed by atoms with Crippen LogP contribution >= 0.6 is 0 Å². The Labute approximate surface area is 103 Å². The fraction of sp³-hybridized carbons (Fsp3) is 0.250. The Morgan fingerprint density at radius 2 is 2.00 bits per heavy atom. The van der Waals surface area contributed by atoms with Gasteiger partial charge in [0.1, 0.15) is 23.7 Å². The first-order valence-corrected chi connectivity index (χ1v) is 5.30. The maximum absolute atomic E-state index is 11.2. The van der Waals surface area contributed by atoms with E-state index in [-0.39, 0.29) is 12.6 Å². The second-order valence-corrected chi connectivity index (χ2v) is 3.60. The van der Waals surface area contributed by atoms with E-state index in [1.54, 1.807) is 31.2 Å². The summed E-state index contributed by atoms with van der Waals surface area (Å²) in [5.74, 6) is 0.253. The normalized spacial score (nSPS) is 10.1. The molecule has 18 heavy (non-hydrogen) atoms. The Kier molecular flexibility index (Phi) is 3.57. The van der Waals surface area contributed by atoms with Gasteiger partial charge in [-0.05, 0) is 31.2 Å². The summed E-state index contributed by atoms with van der Waals surface area (Å²) in [4.78, 5) is 11.2. The van der Waals surface area contributed by atoms with Gasteiger partial charge in [0.25, 0.3) is 0 Å². The van der Waals surface area contributed by atoms with Crippen molar-refractivity contribution in [2.24, 2.45) is 0 Å². The summed E-state index contributed by atoms with van der Waals surface area (Å²) < 4.78 is 14.6. The zero-order valence-electron chi connectivity index (χ0n) is 10.0. The van der Waals surface area contributed by atoms with Gasteiger partial charge in [0.2, 0.25) is 0 Å². The first-order valence-electron chi connectivity index (χ1n) is 5.30. The number of methoxy groups -OCH3 is 1. The molecule has 0 spiro atoms. The van der Waals surface area contributed by atoms with Crippen LogP contribution in [0.4, 0.5) is 0 Å². The molecule has 1 heterocycles.